The van der Waals surface area contributed by atoms with Crippen LogP contribution in [0.4, 0.5) is 0 Å². The first-order chi connectivity index (χ1) is 9.04. The number of hydrogen-bond donors (Lipinski definition) is 2. The highest BCUT2D eigenvalue weighted by Crippen LogP contribution is 2.50. The second-order valence-corrected chi connectivity index (χ2v) is 5.71. The summed E-state index contributed by atoms with van der Waals surface area (Å²) in [6.07, 6.45) is 0.818. The van der Waals surface area contributed by atoms with Gasteiger partial charge in [-0.25, -0.2) is 9.59 Å². The molecule has 1 spiro atoms. The molecule has 0 bridgehead atoms. The Morgan fingerprint density at radius 3 is 2.47 bits per heavy atom. The van der Waals surface area contributed by atoms with E-state index in [1.807, 2.05) is 0 Å². The zero-order chi connectivity index (χ0) is 13.6. The molecule has 0 aromatic carbocycles. The Balaban J connectivity index is 1.96. The van der Waals surface area contributed by atoms with Crippen LogP contribution >= 0.6 is 0 Å². The molecule has 3 aliphatic rings. The van der Waals surface area contributed by atoms with Gasteiger partial charge in [-0.2, -0.15) is 0 Å². The van der Waals surface area contributed by atoms with E-state index in [0.717, 1.165) is 25.7 Å². The first-order valence-corrected chi connectivity index (χ1v) is 6.84. The summed E-state index contributed by atoms with van der Waals surface area (Å²) in [5.41, 5.74) is -0.786. The summed E-state index contributed by atoms with van der Waals surface area (Å²) >= 11 is 0. The van der Waals surface area contributed by atoms with E-state index in [1.165, 1.54) is 0 Å². The Bertz CT molecular complexity index is 408. The molecule has 0 aromatic rings. The van der Waals surface area contributed by atoms with E-state index in [2.05, 4.69) is 0 Å². The van der Waals surface area contributed by atoms with Gasteiger partial charge in [0, 0.05) is 5.92 Å². The number of aliphatic hydroxyl groups is 2. The van der Waals surface area contributed by atoms with Crippen molar-refractivity contribution in [3.8, 4) is 0 Å². The first-order valence-electron chi connectivity index (χ1n) is 6.84. The fourth-order valence-corrected chi connectivity index (χ4v) is 3.75. The normalized spacial score (nSPS) is 46.4. The third-order valence-corrected chi connectivity index (χ3v) is 4.71. The standard InChI is InChI=1S/C13H18O6/c14-9-10(15)12(17)19-13-6-2-4-7(13)3-1-5-8(13)18-11(9)16/h7-10,14-15H,1-6H2. The molecule has 106 valence electrons. The predicted molar refractivity (Wildman–Crippen MR) is 61.9 cm³/mol. The van der Waals surface area contributed by atoms with Crippen LogP contribution in [0.25, 0.3) is 0 Å². The number of rotatable bonds is 0. The summed E-state index contributed by atoms with van der Waals surface area (Å²) in [6, 6.07) is 0. The third-order valence-electron chi connectivity index (χ3n) is 4.71. The molecular formula is C13H18O6. The van der Waals surface area contributed by atoms with Crippen LogP contribution in [0, 0.1) is 5.92 Å². The molecule has 1 aliphatic heterocycles. The summed E-state index contributed by atoms with van der Waals surface area (Å²) in [5.74, 6) is -1.66. The summed E-state index contributed by atoms with van der Waals surface area (Å²) in [4.78, 5) is 23.6. The molecule has 0 amide bonds. The van der Waals surface area contributed by atoms with Crippen LogP contribution in [0.3, 0.4) is 0 Å². The molecule has 3 rings (SSSR count). The van der Waals surface area contributed by atoms with Crippen molar-refractivity contribution in [2.75, 3.05) is 0 Å². The molecule has 0 radical (unpaired) electrons. The smallest absolute Gasteiger partial charge is 0.339 e. The van der Waals surface area contributed by atoms with Gasteiger partial charge in [0.25, 0.3) is 0 Å². The molecule has 5 unspecified atom stereocenters. The minimum Gasteiger partial charge on any atom is -0.456 e. The summed E-state index contributed by atoms with van der Waals surface area (Å²) < 4.78 is 10.8. The fourth-order valence-electron chi connectivity index (χ4n) is 3.75. The molecule has 0 aromatic heterocycles. The van der Waals surface area contributed by atoms with E-state index < -0.39 is 35.9 Å². The van der Waals surface area contributed by atoms with E-state index in [4.69, 9.17) is 9.47 Å². The first kappa shape index (κ1) is 12.9. The molecule has 2 aliphatic carbocycles. The van der Waals surface area contributed by atoms with Crippen LogP contribution < -0.4 is 0 Å². The molecule has 1 saturated heterocycles. The van der Waals surface area contributed by atoms with Gasteiger partial charge in [-0.1, -0.05) is 0 Å². The topological polar surface area (TPSA) is 93.1 Å². The minimum atomic E-state index is -1.86. The Kier molecular flexibility index (Phi) is 3.02. The summed E-state index contributed by atoms with van der Waals surface area (Å²) in [7, 11) is 0. The van der Waals surface area contributed by atoms with Crippen molar-refractivity contribution in [1.29, 1.82) is 0 Å². The van der Waals surface area contributed by atoms with Gasteiger partial charge < -0.3 is 19.7 Å². The minimum absolute atomic E-state index is 0.186. The van der Waals surface area contributed by atoms with Gasteiger partial charge in [0.2, 0.25) is 0 Å². The van der Waals surface area contributed by atoms with Gasteiger partial charge in [-0.05, 0) is 38.5 Å². The van der Waals surface area contributed by atoms with Crippen molar-refractivity contribution in [1.82, 2.24) is 0 Å². The van der Waals surface area contributed by atoms with Crippen molar-refractivity contribution < 1.29 is 29.3 Å². The highest BCUT2D eigenvalue weighted by molar-refractivity contribution is 5.86. The Morgan fingerprint density at radius 2 is 1.68 bits per heavy atom. The van der Waals surface area contributed by atoms with Crippen molar-refractivity contribution in [3.63, 3.8) is 0 Å². The van der Waals surface area contributed by atoms with Crippen LogP contribution in [0.2, 0.25) is 0 Å². The maximum atomic E-state index is 11.9. The number of esters is 2. The fraction of sp³-hybridized carbons (Fsp3) is 0.846. The summed E-state index contributed by atoms with van der Waals surface area (Å²) in [6.45, 7) is 0. The van der Waals surface area contributed by atoms with E-state index in [-0.39, 0.29) is 5.92 Å². The maximum absolute atomic E-state index is 11.9. The molecule has 2 saturated carbocycles. The van der Waals surface area contributed by atoms with Gasteiger partial charge in [-0.3, -0.25) is 0 Å². The van der Waals surface area contributed by atoms with Crippen molar-refractivity contribution >= 4 is 11.9 Å². The molecule has 6 nitrogen and oxygen atoms in total. The molecule has 19 heavy (non-hydrogen) atoms. The lowest BCUT2D eigenvalue weighted by Crippen LogP contribution is -2.59. The van der Waals surface area contributed by atoms with Crippen LogP contribution in [-0.2, 0) is 19.1 Å². The Labute approximate surface area is 110 Å². The molecule has 5 atom stereocenters. The third kappa shape index (κ3) is 1.85. The van der Waals surface area contributed by atoms with E-state index in [9.17, 15) is 19.8 Å². The lowest BCUT2D eigenvalue weighted by atomic mass is 9.75. The zero-order valence-corrected chi connectivity index (χ0v) is 10.6. The highest BCUT2D eigenvalue weighted by Gasteiger charge is 2.58. The van der Waals surface area contributed by atoms with Gasteiger partial charge in [0.1, 0.15) is 6.10 Å². The van der Waals surface area contributed by atoms with Crippen LogP contribution in [0.1, 0.15) is 38.5 Å². The van der Waals surface area contributed by atoms with Gasteiger partial charge in [-0.15, -0.1) is 0 Å². The van der Waals surface area contributed by atoms with Gasteiger partial charge >= 0.3 is 11.9 Å². The molecular weight excluding hydrogens is 252 g/mol. The van der Waals surface area contributed by atoms with Gasteiger partial charge in [0.15, 0.2) is 17.8 Å². The SMILES string of the molecule is O=C1OC2CCCC3CCCC32OC(=O)C(O)C1O. The number of ether oxygens (including phenoxy) is 2. The average Bonchev–Trinajstić information content (AvgIpc) is 2.80. The van der Waals surface area contributed by atoms with Crippen molar-refractivity contribution in [3.05, 3.63) is 0 Å². The quantitative estimate of drug-likeness (QED) is 0.597. The number of carbonyl (C=O) groups is 2. The van der Waals surface area contributed by atoms with Gasteiger partial charge in [0.05, 0.1) is 0 Å². The van der Waals surface area contributed by atoms with E-state index >= 15 is 0 Å². The molecule has 2 N–H and O–H groups in total. The molecule has 1 heterocycles. The number of aliphatic hydroxyl groups excluding tert-OH is 2. The van der Waals surface area contributed by atoms with Crippen molar-refractivity contribution in [2.24, 2.45) is 5.92 Å². The largest absolute Gasteiger partial charge is 0.456 e. The van der Waals surface area contributed by atoms with Crippen LogP contribution in [0.5, 0.6) is 0 Å². The lowest BCUT2D eigenvalue weighted by molar-refractivity contribution is -0.226. The maximum Gasteiger partial charge on any atom is 0.339 e. The molecule has 6 heteroatoms. The van der Waals surface area contributed by atoms with Crippen LogP contribution in [0.15, 0.2) is 0 Å². The second kappa shape index (κ2) is 4.45. The molecule has 3 fully saturated rings. The van der Waals surface area contributed by atoms with Crippen LogP contribution in [-0.4, -0.2) is 46.1 Å². The van der Waals surface area contributed by atoms with Crippen molar-refractivity contribution in [2.45, 2.75) is 62.4 Å². The number of hydrogen-bond acceptors (Lipinski definition) is 6. The Hall–Kier alpha value is -1.14. The van der Waals surface area contributed by atoms with E-state index in [0.29, 0.717) is 12.8 Å². The highest BCUT2D eigenvalue weighted by atomic mass is 16.6. The summed E-state index contributed by atoms with van der Waals surface area (Å²) in [5, 5.41) is 19.1. The second-order valence-electron chi connectivity index (χ2n) is 5.71. The predicted octanol–water partition coefficient (Wildman–Crippen LogP) is -0.100. The number of carbonyl (C=O) groups excluding carboxylic acids is 2. The lowest BCUT2D eigenvalue weighted by Gasteiger charge is -2.46. The zero-order valence-electron chi connectivity index (χ0n) is 10.6. The monoisotopic (exact) mass is 270 g/mol. The average molecular weight is 270 g/mol. The van der Waals surface area contributed by atoms with E-state index in [1.54, 1.807) is 0 Å². The Morgan fingerprint density at radius 1 is 1.00 bits per heavy atom.